The quantitative estimate of drug-likeness (QED) is 0.669. The van der Waals surface area contributed by atoms with Crippen LogP contribution in [-0.2, 0) is 11.2 Å². The number of carbonyl (C=O) groups excluding carboxylic acids is 2. The first-order valence-electron chi connectivity index (χ1n) is 9.16. The van der Waals surface area contributed by atoms with Crippen molar-refractivity contribution in [2.75, 3.05) is 6.61 Å². The molecule has 0 aliphatic rings. The molecule has 3 aromatic rings. The Kier molecular flexibility index (Phi) is 5.89. The van der Waals surface area contributed by atoms with E-state index in [1.165, 1.54) is 0 Å². The molecule has 0 spiro atoms. The molecular weight excluding hydrogens is 354 g/mol. The fourth-order valence-corrected chi connectivity index (χ4v) is 2.93. The molecule has 0 bridgehead atoms. The van der Waals surface area contributed by atoms with Crippen LogP contribution in [0.5, 0.6) is 5.75 Å². The molecule has 28 heavy (non-hydrogen) atoms. The first-order chi connectivity index (χ1) is 13.5. The maximum absolute atomic E-state index is 12.5. The summed E-state index contributed by atoms with van der Waals surface area (Å²) in [4.78, 5) is 29.0. The molecule has 0 atom stereocenters. The molecule has 0 unspecified atom stereocenters. The minimum Gasteiger partial charge on any atom is -0.483 e. The van der Waals surface area contributed by atoms with Gasteiger partial charge in [-0.25, -0.2) is 0 Å². The lowest BCUT2D eigenvalue weighted by Gasteiger charge is -2.12. The van der Waals surface area contributed by atoms with Crippen LogP contribution in [0.4, 0.5) is 0 Å². The maximum Gasteiger partial charge on any atom is 0.276 e. The molecule has 1 aromatic heterocycles. The number of aromatic nitrogens is 1. The molecule has 0 saturated carbocycles. The number of ether oxygens (including phenoxy) is 1. The van der Waals surface area contributed by atoms with Crippen molar-refractivity contribution in [1.82, 2.24) is 15.8 Å². The Labute approximate surface area is 163 Å². The van der Waals surface area contributed by atoms with Crippen molar-refractivity contribution in [2.24, 2.45) is 0 Å². The first-order valence-corrected chi connectivity index (χ1v) is 9.16. The van der Waals surface area contributed by atoms with E-state index in [4.69, 9.17) is 4.74 Å². The number of nitrogens with one attached hydrogen (secondary N) is 2. The number of aryl methyl sites for hydroxylation is 3. The van der Waals surface area contributed by atoms with Gasteiger partial charge < -0.3 is 4.74 Å². The van der Waals surface area contributed by atoms with Gasteiger partial charge in [0, 0.05) is 5.39 Å². The number of hydrogen-bond donors (Lipinski definition) is 2. The van der Waals surface area contributed by atoms with Crippen LogP contribution in [-0.4, -0.2) is 23.4 Å². The molecule has 3 rings (SSSR count). The molecule has 2 amide bonds. The van der Waals surface area contributed by atoms with Crippen molar-refractivity contribution < 1.29 is 14.3 Å². The summed E-state index contributed by atoms with van der Waals surface area (Å²) in [5.74, 6) is -0.200. The molecule has 0 fully saturated rings. The Bertz CT molecular complexity index is 1030. The highest BCUT2D eigenvalue weighted by molar-refractivity contribution is 5.99. The van der Waals surface area contributed by atoms with Crippen molar-refractivity contribution in [1.29, 1.82) is 0 Å². The van der Waals surface area contributed by atoms with Gasteiger partial charge in [0.2, 0.25) is 0 Å². The van der Waals surface area contributed by atoms with E-state index >= 15 is 0 Å². The van der Waals surface area contributed by atoms with E-state index in [0.717, 1.165) is 28.5 Å². The van der Waals surface area contributed by atoms with Crippen LogP contribution in [0.1, 0.15) is 34.1 Å². The third kappa shape index (κ3) is 4.46. The van der Waals surface area contributed by atoms with Gasteiger partial charge in [0.1, 0.15) is 5.75 Å². The summed E-state index contributed by atoms with van der Waals surface area (Å²) in [6.45, 7) is 5.58. The molecule has 2 aromatic carbocycles. The largest absolute Gasteiger partial charge is 0.483 e. The van der Waals surface area contributed by atoms with Crippen LogP contribution in [0.3, 0.4) is 0 Å². The van der Waals surface area contributed by atoms with Gasteiger partial charge in [-0.1, -0.05) is 36.8 Å². The number of rotatable bonds is 5. The number of hydrogen-bond acceptors (Lipinski definition) is 4. The lowest BCUT2D eigenvalue weighted by atomic mass is 10.1. The van der Waals surface area contributed by atoms with Gasteiger partial charge in [-0.05, 0) is 50.1 Å². The Morgan fingerprint density at radius 1 is 1.04 bits per heavy atom. The number of benzene rings is 2. The standard InChI is InChI=1S/C22H23N3O3/c1-4-16-7-5-6-8-20(16)28-13-21(26)24-25-22(27)18-12-17-11-14(2)9-10-19(17)23-15(18)3/h5-12H,4,13H2,1-3H3,(H,24,26)(H,25,27). The summed E-state index contributed by atoms with van der Waals surface area (Å²) in [6, 6.07) is 15.2. The minimum atomic E-state index is -0.443. The topological polar surface area (TPSA) is 80.3 Å². The smallest absolute Gasteiger partial charge is 0.276 e. The van der Waals surface area contributed by atoms with E-state index in [-0.39, 0.29) is 6.61 Å². The maximum atomic E-state index is 12.5. The molecule has 0 radical (unpaired) electrons. The fraction of sp³-hybridized carbons (Fsp3) is 0.227. The molecule has 2 N–H and O–H groups in total. The van der Waals surface area contributed by atoms with Gasteiger partial charge in [0.05, 0.1) is 16.8 Å². The second-order valence-electron chi connectivity index (χ2n) is 6.57. The zero-order valence-electron chi connectivity index (χ0n) is 16.2. The van der Waals surface area contributed by atoms with E-state index in [1.54, 1.807) is 13.0 Å². The van der Waals surface area contributed by atoms with Crippen LogP contribution in [0.2, 0.25) is 0 Å². The van der Waals surface area contributed by atoms with Gasteiger partial charge in [-0.2, -0.15) is 0 Å². The lowest BCUT2D eigenvalue weighted by Crippen LogP contribution is -2.44. The van der Waals surface area contributed by atoms with E-state index < -0.39 is 11.8 Å². The van der Waals surface area contributed by atoms with Gasteiger partial charge in [0.25, 0.3) is 11.8 Å². The number of pyridine rings is 1. The molecule has 6 heteroatoms. The zero-order valence-corrected chi connectivity index (χ0v) is 16.2. The summed E-state index contributed by atoms with van der Waals surface area (Å²) < 4.78 is 5.55. The number of carbonyl (C=O) groups is 2. The normalized spacial score (nSPS) is 10.5. The van der Waals surface area contributed by atoms with Crippen LogP contribution in [0, 0.1) is 13.8 Å². The van der Waals surface area contributed by atoms with E-state index in [1.807, 2.05) is 56.3 Å². The fourth-order valence-electron chi connectivity index (χ4n) is 2.93. The van der Waals surface area contributed by atoms with Crippen molar-refractivity contribution in [3.63, 3.8) is 0 Å². The molecule has 144 valence electrons. The Morgan fingerprint density at radius 2 is 1.82 bits per heavy atom. The predicted octanol–water partition coefficient (Wildman–Crippen LogP) is 3.25. The van der Waals surface area contributed by atoms with Crippen LogP contribution in [0.15, 0.2) is 48.5 Å². The summed E-state index contributed by atoms with van der Waals surface area (Å²) in [5.41, 5.74) is 8.75. The second-order valence-corrected chi connectivity index (χ2v) is 6.57. The minimum absolute atomic E-state index is 0.189. The van der Waals surface area contributed by atoms with Gasteiger partial charge in [0.15, 0.2) is 6.61 Å². The van der Waals surface area contributed by atoms with Gasteiger partial charge >= 0.3 is 0 Å². The van der Waals surface area contributed by atoms with Gasteiger partial charge in [-0.15, -0.1) is 0 Å². The van der Waals surface area contributed by atoms with Crippen molar-refractivity contribution >= 4 is 22.7 Å². The number of fused-ring (bicyclic) bond motifs is 1. The third-order valence-electron chi connectivity index (χ3n) is 4.43. The molecule has 0 aliphatic heterocycles. The van der Waals surface area contributed by atoms with Crippen molar-refractivity contribution in [2.45, 2.75) is 27.2 Å². The number of para-hydroxylation sites is 1. The molecule has 0 saturated heterocycles. The van der Waals surface area contributed by atoms with Gasteiger partial charge in [-0.3, -0.25) is 25.4 Å². The van der Waals surface area contributed by atoms with Crippen LogP contribution < -0.4 is 15.6 Å². The SMILES string of the molecule is CCc1ccccc1OCC(=O)NNC(=O)c1cc2cc(C)ccc2nc1C. The highest BCUT2D eigenvalue weighted by Gasteiger charge is 2.13. The van der Waals surface area contributed by atoms with Crippen molar-refractivity contribution in [3.8, 4) is 5.75 Å². The van der Waals surface area contributed by atoms with E-state index in [2.05, 4.69) is 15.8 Å². The predicted molar refractivity (Wildman–Crippen MR) is 108 cm³/mol. The molecule has 1 heterocycles. The molecular formula is C22H23N3O3. The summed E-state index contributed by atoms with van der Waals surface area (Å²) in [5, 5.41) is 0.876. The number of hydrazine groups is 1. The molecule has 0 aliphatic carbocycles. The average molecular weight is 377 g/mol. The van der Waals surface area contributed by atoms with E-state index in [9.17, 15) is 9.59 Å². The zero-order chi connectivity index (χ0) is 20.1. The van der Waals surface area contributed by atoms with Crippen LogP contribution >= 0.6 is 0 Å². The number of amides is 2. The highest BCUT2D eigenvalue weighted by atomic mass is 16.5. The Balaban J connectivity index is 1.61. The Morgan fingerprint density at radius 3 is 2.61 bits per heavy atom. The first kappa shape index (κ1) is 19.4. The monoisotopic (exact) mass is 377 g/mol. The van der Waals surface area contributed by atoms with E-state index in [0.29, 0.717) is 17.0 Å². The van der Waals surface area contributed by atoms with Crippen molar-refractivity contribution in [3.05, 3.63) is 70.9 Å². The lowest BCUT2D eigenvalue weighted by molar-refractivity contribution is -0.123. The molecule has 6 nitrogen and oxygen atoms in total. The second kappa shape index (κ2) is 8.52. The summed E-state index contributed by atoms with van der Waals surface area (Å²) >= 11 is 0. The Hall–Kier alpha value is -3.41. The third-order valence-corrected chi connectivity index (χ3v) is 4.43. The highest BCUT2D eigenvalue weighted by Crippen LogP contribution is 2.19. The number of nitrogens with zero attached hydrogens (tertiary/aromatic N) is 1. The van der Waals surface area contributed by atoms with Crippen LogP contribution in [0.25, 0.3) is 10.9 Å². The average Bonchev–Trinajstić information content (AvgIpc) is 2.70. The summed E-state index contributed by atoms with van der Waals surface area (Å²) in [7, 11) is 0. The summed E-state index contributed by atoms with van der Waals surface area (Å²) in [6.07, 6.45) is 0.808.